The number of fused-ring (bicyclic) bond motifs is 3. The third-order valence-electron chi connectivity index (χ3n) is 4.11. The second kappa shape index (κ2) is 4.96. The maximum Gasteiger partial charge on any atom is 0.268 e. The van der Waals surface area contributed by atoms with Crippen LogP contribution < -0.4 is 5.32 Å². The second-order valence-electron chi connectivity index (χ2n) is 5.52. The van der Waals surface area contributed by atoms with Gasteiger partial charge in [-0.15, -0.1) is 0 Å². The van der Waals surface area contributed by atoms with Crippen molar-refractivity contribution in [1.82, 2.24) is 9.88 Å². The van der Waals surface area contributed by atoms with Crippen LogP contribution in [0.15, 0.2) is 42.5 Å². The summed E-state index contributed by atoms with van der Waals surface area (Å²) >= 11 is 0. The van der Waals surface area contributed by atoms with Crippen molar-refractivity contribution in [3.05, 3.63) is 59.5 Å². The van der Waals surface area contributed by atoms with Crippen molar-refractivity contribution >= 4 is 16.8 Å². The molecule has 0 spiro atoms. The fourth-order valence-corrected chi connectivity index (χ4v) is 3.15. The Labute approximate surface area is 131 Å². The molecule has 0 unspecified atom stereocenters. The van der Waals surface area contributed by atoms with E-state index in [1.54, 1.807) is 24.3 Å². The van der Waals surface area contributed by atoms with Crippen LogP contribution in [0.3, 0.4) is 0 Å². The van der Waals surface area contributed by atoms with Crippen molar-refractivity contribution in [2.75, 3.05) is 6.54 Å². The van der Waals surface area contributed by atoms with Crippen LogP contribution in [0.2, 0.25) is 0 Å². The lowest BCUT2D eigenvalue weighted by Crippen LogP contribution is -2.34. The van der Waals surface area contributed by atoms with Crippen molar-refractivity contribution in [3.8, 4) is 17.2 Å². The summed E-state index contributed by atoms with van der Waals surface area (Å²) in [7, 11) is 0. The van der Waals surface area contributed by atoms with Gasteiger partial charge >= 0.3 is 0 Å². The predicted octanol–water partition coefficient (Wildman–Crippen LogP) is 3.06. The van der Waals surface area contributed by atoms with E-state index in [2.05, 4.69) is 11.4 Å². The van der Waals surface area contributed by atoms with Crippen molar-refractivity contribution in [3.63, 3.8) is 0 Å². The summed E-state index contributed by atoms with van der Waals surface area (Å²) in [5.41, 5.74) is 3.37. The quantitative estimate of drug-likeness (QED) is 0.751. The van der Waals surface area contributed by atoms with Crippen LogP contribution in [-0.4, -0.2) is 17.0 Å². The van der Waals surface area contributed by atoms with Crippen LogP contribution in [0.4, 0.5) is 4.39 Å². The van der Waals surface area contributed by atoms with Crippen LogP contribution in [0.1, 0.15) is 16.1 Å². The Balaban J connectivity index is 2.10. The van der Waals surface area contributed by atoms with Crippen LogP contribution in [0, 0.1) is 17.1 Å². The Hall–Kier alpha value is -3.13. The van der Waals surface area contributed by atoms with Gasteiger partial charge in [0.2, 0.25) is 0 Å². The maximum absolute atomic E-state index is 13.6. The van der Waals surface area contributed by atoms with E-state index >= 15 is 0 Å². The molecule has 1 aliphatic heterocycles. The van der Waals surface area contributed by atoms with E-state index in [1.165, 1.54) is 12.1 Å². The molecule has 4 rings (SSSR count). The zero-order valence-corrected chi connectivity index (χ0v) is 12.1. The average Bonchev–Trinajstić information content (AvgIpc) is 2.94. The molecule has 0 saturated heterocycles. The summed E-state index contributed by atoms with van der Waals surface area (Å²) in [5.74, 6) is -0.461. The van der Waals surface area contributed by atoms with E-state index in [1.807, 2.05) is 10.6 Å². The van der Waals surface area contributed by atoms with Crippen molar-refractivity contribution in [2.24, 2.45) is 0 Å². The average molecular weight is 305 g/mol. The van der Waals surface area contributed by atoms with Gasteiger partial charge in [-0.05, 0) is 35.9 Å². The Morgan fingerprint density at radius 1 is 1.22 bits per heavy atom. The minimum atomic E-state index is -0.332. The minimum absolute atomic E-state index is 0.129. The lowest BCUT2D eigenvalue weighted by atomic mass is 10.00. The van der Waals surface area contributed by atoms with Crippen LogP contribution >= 0.6 is 0 Å². The summed E-state index contributed by atoms with van der Waals surface area (Å²) in [5, 5.41) is 12.9. The fourth-order valence-electron chi connectivity index (χ4n) is 3.15. The topological polar surface area (TPSA) is 57.8 Å². The molecule has 0 saturated carbocycles. The Morgan fingerprint density at radius 2 is 2.09 bits per heavy atom. The number of halogens is 1. The van der Waals surface area contributed by atoms with E-state index in [0.29, 0.717) is 29.9 Å². The predicted molar refractivity (Wildman–Crippen MR) is 84.4 cm³/mol. The molecule has 23 heavy (non-hydrogen) atoms. The number of nitriles is 1. The largest absolute Gasteiger partial charge is 0.349 e. The molecular formula is C18H12FN3O. The minimum Gasteiger partial charge on any atom is -0.349 e. The van der Waals surface area contributed by atoms with Gasteiger partial charge < -0.3 is 9.88 Å². The first-order valence-electron chi connectivity index (χ1n) is 7.29. The second-order valence-corrected chi connectivity index (χ2v) is 5.52. The Bertz CT molecular complexity index is 997. The summed E-state index contributed by atoms with van der Waals surface area (Å²) in [6, 6.07) is 13.7. The Morgan fingerprint density at radius 3 is 2.87 bits per heavy atom. The molecule has 0 fully saturated rings. The third kappa shape index (κ3) is 2.08. The van der Waals surface area contributed by atoms with Crippen molar-refractivity contribution in [1.29, 1.82) is 5.26 Å². The highest BCUT2D eigenvalue weighted by molar-refractivity contribution is 6.04. The van der Waals surface area contributed by atoms with E-state index in [9.17, 15) is 14.4 Å². The number of rotatable bonds is 1. The Kier molecular flexibility index (Phi) is 2.91. The number of hydrogen-bond acceptors (Lipinski definition) is 2. The molecule has 5 heteroatoms. The van der Waals surface area contributed by atoms with Crippen LogP contribution in [-0.2, 0) is 6.54 Å². The molecule has 0 radical (unpaired) electrons. The highest BCUT2D eigenvalue weighted by Gasteiger charge is 2.22. The first-order valence-corrected chi connectivity index (χ1v) is 7.29. The third-order valence-corrected chi connectivity index (χ3v) is 4.11. The standard InChI is InChI=1S/C18H12FN3O/c19-14-3-1-2-12(8-14)15-7-11(10-20)6-13-9-16-18(23)21-4-5-22(16)17(13)15/h1-3,6-9H,4-5H2,(H,21,23). The molecule has 1 aromatic heterocycles. The van der Waals surface area contributed by atoms with Gasteiger partial charge in [-0.1, -0.05) is 12.1 Å². The van der Waals surface area contributed by atoms with Crippen molar-refractivity contribution in [2.45, 2.75) is 6.54 Å². The van der Waals surface area contributed by atoms with E-state index in [-0.39, 0.29) is 11.7 Å². The molecule has 1 N–H and O–H groups in total. The summed E-state index contributed by atoms with van der Waals surface area (Å²) < 4.78 is 15.6. The number of hydrogen-bond donors (Lipinski definition) is 1. The number of carbonyl (C=O) groups excluding carboxylic acids is 1. The van der Waals surface area contributed by atoms with E-state index in [4.69, 9.17) is 0 Å². The van der Waals surface area contributed by atoms with Gasteiger partial charge in [-0.2, -0.15) is 5.26 Å². The molecule has 0 bridgehead atoms. The molecule has 4 nitrogen and oxygen atoms in total. The number of nitrogens with zero attached hydrogens (tertiary/aromatic N) is 2. The number of aromatic nitrogens is 1. The van der Waals surface area contributed by atoms with Gasteiger partial charge in [-0.3, -0.25) is 4.79 Å². The zero-order valence-electron chi connectivity index (χ0n) is 12.1. The lowest BCUT2D eigenvalue weighted by molar-refractivity contribution is 0.0929. The number of benzene rings is 2. The van der Waals surface area contributed by atoms with Gasteiger partial charge in [0, 0.05) is 24.0 Å². The monoisotopic (exact) mass is 305 g/mol. The van der Waals surface area contributed by atoms with Gasteiger partial charge in [-0.25, -0.2) is 4.39 Å². The highest BCUT2D eigenvalue weighted by Crippen LogP contribution is 2.33. The van der Waals surface area contributed by atoms with E-state index < -0.39 is 0 Å². The maximum atomic E-state index is 13.6. The summed E-state index contributed by atoms with van der Waals surface area (Å²) in [6.07, 6.45) is 0. The molecule has 1 aliphatic rings. The van der Waals surface area contributed by atoms with Gasteiger partial charge in [0.15, 0.2) is 0 Å². The van der Waals surface area contributed by atoms with Crippen LogP contribution in [0.25, 0.3) is 22.0 Å². The molecule has 3 aromatic rings. The molecule has 2 aromatic carbocycles. The summed E-state index contributed by atoms with van der Waals surface area (Å²) in [6.45, 7) is 1.21. The molecule has 0 aliphatic carbocycles. The van der Waals surface area contributed by atoms with Gasteiger partial charge in [0.1, 0.15) is 11.5 Å². The highest BCUT2D eigenvalue weighted by atomic mass is 19.1. The lowest BCUT2D eigenvalue weighted by Gasteiger charge is -2.18. The normalized spacial score (nSPS) is 13.5. The molecule has 2 heterocycles. The van der Waals surface area contributed by atoms with Crippen LogP contribution in [0.5, 0.6) is 0 Å². The molecule has 1 amide bonds. The number of nitrogens with one attached hydrogen (secondary N) is 1. The molecular weight excluding hydrogens is 293 g/mol. The number of carbonyl (C=O) groups is 1. The molecule has 0 atom stereocenters. The SMILES string of the molecule is N#Cc1cc(-c2cccc(F)c2)c2c(c1)cc1n2CCNC1=O. The summed E-state index contributed by atoms with van der Waals surface area (Å²) in [4.78, 5) is 12.1. The smallest absolute Gasteiger partial charge is 0.268 e. The first-order chi connectivity index (χ1) is 11.2. The fraction of sp³-hybridized carbons (Fsp3) is 0.111. The first kappa shape index (κ1) is 13.5. The van der Waals surface area contributed by atoms with Crippen molar-refractivity contribution < 1.29 is 9.18 Å². The zero-order chi connectivity index (χ0) is 16.0. The van der Waals surface area contributed by atoms with Gasteiger partial charge in [0.05, 0.1) is 17.1 Å². The van der Waals surface area contributed by atoms with E-state index in [0.717, 1.165) is 16.5 Å². The molecule has 112 valence electrons. The van der Waals surface area contributed by atoms with Gasteiger partial charge in [0.25, 0.3) is 5.91 Å². The number of amides is 1.